The smallest absolute Gasteiger partial charge is 1.00 e. The topological polar surface area (TPSA) is 0 Å². The van der Waals surface area contributed by atoms with Gasteiger partial charge in [-0.15, -0.1) is 23.8 Å². The number of benzene rings is 4. The molecule has 1 aliphatic carbocycles. The number of fused-ring (bicyclic) bond motifs is 3. The maximum atomic E-state index is 12.8. The standard InChI is InChI=1S/C17H13.C13H8F2.C11H17.2ClH.Zr/c1-3-12-5-7-14-11-15-8-6-13(4-2)10-17(15)16(14)9-12;14-12-5-1-10(2-6-12)9-11-3-7-13(15)8-4-11;1-5-9-6-7-10(8-9)11(2,3)4;;;/h3-7,9-10H,1-2,11H2;1-8H;6-8H,5H2,1-4H3;2*1H;/q-1;;-1;;;+2/p-2. The fourth-order valence-corrected chi connectivity index (χ4v) is 5.76. The molecule has 0 atom stereocenters. The Morgan fingerprint density at radius 2 is 1.37 bits per heavy atom. The SMILES string of the molecule is C=Cc1c[c-]c2c(c1)-c1cc(C=C)ccc1C2.CCc1cc(C(C)(C)C)c[cH-]1.Fc1ccc([C](=[Zr+2])c2ccc(F)cc2)cc1.[Cl-].[Cl-]. The normalized spacial score (nSPS) is 10.8. The number of halogens is 4. The number of rotatable bonds is 5. The second-order valence-electron chi connectivity index (χ2n) is 11.8. The van der Waals surface area contributed by atoms with Gasteiger partial charge in [-0.1, -0.05) is 81.5 Å². The third-order valence-corrected chi connectivity index (χ3v) is 9.09. The summed E-state index contributed by atoms with van der Waals surface area (Å²) >= 11 is 1.22. The minimum atomic E-state index is -0.244. The van der Waals surface area contributed by atoms with Gasteiger partial charge in [0.1, 0.15) is 0 Å². The van der Waals surface area contributed by atoms with Crippen molar-refractivity contribution in [2.45, 2.75) is 46.0 Å². The monoisotopic (exact) mass is 728 g/mol. The van der Waals surface area contributed by atoms with Gasteiger partial charge in [0, 0.05) is 0 Å². The van der Waals surface area contributed by atoms with Gasteiger partial charge in [0.25, 0.3) is 0 Å². The summed E-state index contributed by atoms with van der Waals surface area (Å²) in [5.41, 5.74) is 12.7. The number of hydrogen-bond donors (Lipinski definition) is 0. The molecule has 0 aliphatic heterocycles. The number of aryl methyl sites for hydroxylation is 1. The van der Waals surface area contributed by atoms with Crippen molar-refractivity contribution in [3.05, 3.63) is 172 Å². The molecule has 6 rings (SSSR count). The van der Waals surface area contributed by atoms with Crippen LogP contribution in [-0.2, 0) is 42.5 Å². The van der Waals surface area contributed by atoms with E-state index in [-0.39, 0.29) is 36.4 Å². The van der Waals surface area contributed by atoms with E-state index in [1.165, 1.54) is 87.4 Å². The van der Waals surface area contributed by atoms with Crippen molar-refractivity contribution in [1.29, 1.82) is 0 Å². The maximum absolute atomic E-state index is 12.8. The minimum absolute atomic E-state index is 0. The first-order chi connectivity index (χ1) is 21.0. The fraction of sp³-hybridized carbons (Fsp3) is 0.171. The molecule has 0 fully saturated rings. The molecule has 5 aromatic rings. The van der Waals surface area contributed by atoms with E-state index in [0.717, 1.165) is 32.7 Å². The van der Waals surface area contributed by atoms with Gasteiger partial charge >= 0.3 is 108 Å². The van der Waals surface area contributed by atoms with Crippen LogP contribution in [0.1, 0.15) is 72.2 Å². The van der Waals surface area contributed by atoms with Crippen molar-refractivity contribution in [3.63, 3.8) is 0 Å². The summed E-state index contributed by atoms with van der Waals surface area (Å²) in [6, 6.07) is 33.5. The van der Waals surface area contributed by atoms with Gasteiger partial charge in [0.2, 0.25) is 0 Å². The Bertz CT molecular complexity index is 1660. The van der Waals surface area contributed by atoms with Crippen LogP contribution >= 0.6 is 0 Å². The van der Waals surface area contributed by atoms with Crippen LogP contribution in [0.3, 0.4) is 0 Å². The second-order valence-corrected chi connectivity index (χ2v) is 13.1. The summed E-state index contributed by atoms with van der Waals surface area (Å²) < 4.78 is 26.6. The van der Waals surface area contributed by atoms with E-state index in [4.69, 9.17) is 0 Å². The van der Waals surface area contributed by atoms with E-state index in [1.807, 2.05) is 18.2 Å². The van der Waals surface area contributed by atoms with Gasteiger partial charge in [-0.2, -0.15) is 47.0 Å². The summed E-state index contributed by atoms with van der Waals surface area (Å²) in [5.74, 6) is -0.488. The van der Waals surface area contributed by atoms with Gasteiger partial charge in [-0.25, -0.2) is 6.07 Å². The molecule has 0 amide bonds. The van der Waals surface area contributed by atoms with Crippen molar-refractivity contribution in [2.24, 2.45) is 0 Å². The van der Waals surface area contributed by atoms with Crippen LogP contribution in [-0.4, -0.2) is 3.21 Å². The Morgan fingerprint density at radius 1 is 0.826 bits per heavy atom. The average molecular weight is 731 g/mol. The van der Waals surface area contributed by atoms with Gasteiger partial charge < -0.3 is 24.8 Å². The molecule has 0 aromatic heterocycles. The summed E-state index contributed by atoms with van der Waals surface area (Å²) in [5, 5.41) is 0. The molecule has 0 heterocycles. The zero-order valence-corrected chi connectivity index (χ0v) is 30.7. The van der Waals surface area contributed by atoms with Gasteiger partial charge in [-0.3, -0.25) is 0 Å². The maximum Gasteiger partial charge on any atom is -1.00 e. The summed E-state index contributed by atoms with van der Waals surface area (Å²) in [7, 11) is 0. The zero-order valence-electron chi connectivity index (χ0n) is 26.7. The summed E-state index contributed by atoms with van der Waals surface area (Å²) in [6.07, 6.45) is 5.89. The van der Waals surface area contributed by atoms with E-state index in [2.05, 4.69) is 89.4 Å². The molecule has 0 bridgehead atoms. The molecule has 0 saturated heterocycles. The predicted octanol–water partition coefficient (Wildman–Crippen LogP) is 4.70. The molecule has 1 aliphatic rings. The molecule has 0 spiro atoms. The van der Waals surface area contributed by atoms with Crippen LogP contribution in [0.5, 0.6) is 0 Å². The van der Waals surface area contributed by atoms with Gasteiger partial charge in [-0.05, 0) is 12.0 Å². The molecule has 0 saturated carbocycles. The van der Waals surface area contributed by atoms with E-state index in [0.29, 0.717) is 5.41 Å². The van der Waals surface area contributed by atoms with Crippen molar-refractivity contribution < 1.29 is 57.8 Å². The van der Waals surface area contributed by atoms with Gasteiger partial charge in [0.15, 0.2) is 0 Å². The molecular formula is C41H38Cl2F2Zr-2. The molecule has 236 valence electrons. The van der Waals surface area contributed by atoms with Crippen LogP contribution in [0, 0.1) is 17.7 Å². The van der Waals surface area contributed by atoms with E-state index in [1.54, 1.807) is 24.3 Å². The Kier molecular flexibility index (Phi) is 15.1. The molecular weight excluding hydrogens is 693 g/mol. The summed E-state index contributed by atoms with van der Waals surface area (Å²) in [4.78, 5) is 0. The average Bonchev–Trinajstić information content (AvgIpc) is 3.67. The third kappa shape index (κ3) is 10.2. The second kappa shape index (κ2) is 17.7. The zero-order chi connectivity index (χ0) is 31.9. The summed E-state index contributed by atoms with van der Waals surface area (Å²) in [6.45, 7) is 16.6. The van der Waals surface area contributed by atoms with Crippen molar-refractivity contribution >= 4 is 15.4 Å². The first kappa shape index (κ1) is 39.1. The molecule has 5 heteroatoms. The molecule has 0 unspecified atom stereocenters. The van der Waals surface area contributed by atoms with E-state index >= 15 is 0 Å². The minimum Gasteiger partial charge on any atom is -1.00 e. The largest absolute Gasteiger partial charge is 1.00 e. The Balaban J connectivity index is 0.000000241. The Labute approximate surface area is 300 Å². The van der Waals surface area contributed by atoms with Crippen LogP contribution < -0.4 is 24.8 Å². The molecule has 5 aromatic carbocycles. The molecule has 0 N–H and O–H groups in total. The van der Waals surface area contributed by atoms with E-state index < -0.39 is 0 Å². The van der Waals surface area contributed by atoms with Crippen LogP contribution in [0.25, 0.3) is 23.3 Å². The number of hydrogen-bond acceptors (Lipinski definition) is 0. The van der Waals surface area contributed by atoms with Crippen LogP contribution in [0.2, 0.25) is 0 Å². The predicted molar refractivity (Wildman–Crippen MR) is 180 cm³/mol. The van der Waals surface area contributed by atoms with Crippen molar-refractivity contribution in [1.82, 2.24) is 0 Å². The molecule has 0 nitrogen and oxygen atoms in total. The van der Waals surface area contributed by atoms with Crippen molar-refractivity contribution in [3.8, 4) is 11.1 Å². The first-order valence-corrected chi connectivity index (χ1v) is 16.0. The third-order valence-electron chi connectivity index (χ3n) is 7.67. The molecule has 0 radical (unpaired) electrons. The van der Waals surface area contributed by atoms with Crippen molar-refractivity contribution in [2.75, 3.05) is 0 Å². The van der Waals surface area contributed by atoms with E-state index in [9.17, 15) is 8.78 Å². The molecule has 46 heavy (non-hydrogen) atoms. The van der Waals surface area contributed by atoms with Crippen LogP contribution in [0.4, 0.5) is 8.78 Å². The Hall–Kier alpha value is -3.10. The van der Waals surface area contributed by atoms with Crippen LogP contribution in [0.15, 0.2) is 110 Å². The Morgan fingerprint density at radius 3 is 1.83 bits per heavy atom. The first-order valence-electron chi connectivity index (χ1n) is 14.8. The quantitative estimate of drug-likeness (QED) is 0.226. The van der Waals surface area contributed by atoms with Gasteiger partial charge in [0.05, 0.1) is 0 Å². The fourth-order valence-electron chi connectivity index (χ4n) is 4.94.